The standard InChI is InChI=1S/C17H11ClN2O/c18-15-7-8-16(17-14(15)2-1-9-20-17)21-11-13-5-3-12(10-19)4-6-13/h1-9H,11H2. The lowest BCUT2D eigenvalue weighted by molar-refractivity contribution is 0.309. The van der Waals surface area contributed by atoms with Crippen LogP contribution in [0.5, 0.6) is 5.75 Å². The van der Waals surface area contributed by atoms with Crippen molar-refractivity contribution in [1.82, 2.24) is 4.98 Å². The summed E-state index contributed by atoms with van der Waals surface area (Å²) < 4.78 is 5.83. The van der Waals surface area contributed by atoms with E-state index < -0.39 is 0 Å². The Labute approximate surface area is 127 Å². The second-order valence-corrected chi connectivity index (χ2v) is 4.95. The highest BCUT2D eigenvalue weighted by atomic mass is 35.5. The summed E-state index contributed by atoms with van der Waals surface area (Å²) in [6.07, 6.45) is 1.72. The van der Waals surface area contributed by atoms with Crippen molar-refractivity contribution in [3.8, 4) is 11.8 Å². The number of hydrogen-bond donors (Lipinski definition) is 0. The van der Waals surface area contributed by atoms with Crippen LogP contribution in [0, 0.1) is 11.3 Å². The topological polar surface area (TPSA) is 45.9 Å². The van der Waals surface area contributed by atoms with Gasteiger partial charge in [0.15, 0.2) is 0 Å². The number of nitrogens with zero attached hydrogens (tertiary/aromatic N) is 2. The lowest BCUT2D eigenvalue weighted by Gasteiger charge is -2.09. The average molecular weight is 295 g/mol. The molecule has 102 valence electrons. The van der Waals surface area contributed by atoms with Crippen LogP contribution in [0.15, 0.2) is 54.7 Å². The lowest BCUT2D eigenvalue weighted by Crippen LogP contribution is -1.97. The molecule has 0 atom stereocenters. The zero-order valence-corrected chi connectivity index (χ0v) is 11.8. The minimum absolute atomic E-state index is 0.416. The highest BCUT2D eigenvalue weighted by Crippen LogP contribution is 2.30. The van der Waals surface area contributed by atoms with Gasteiger partial charge in [-0.05, 0) is 42.0 Å². The average Bonchev–Trinajstić information content (AvgIpc) is 2.55. The van der Waals surface area contributed by atoms with Gasteiger partial charge in [0.1, 0.15) is 17.9 Å². The molecule has 0 saturated carbocycles. The molecule has 1 aromatic heterocycles. The predicted octanol–water partition coefficient (Wildman–Crippen LogP) is 4.34. The molecular weight excluding hydrogens is 284 g/mol. The highest BCUT2D eigenvalue weighted by molar-refractivity contribution is 6.35. The molecule has 0 bridgehead atoms. The molecular formula is C17H11ClN2O. The minimum Gasteiger partial charge on any atom is -0.487 e. The number of aromatic nitrogens is 1. The molecule has 3 rings (SSSR count). The first-order valence-electron chi connectivity index (χ1n) is 6.43. The summed E-state index contributed by atoms with van der Waals surface area (Å²) in [5.74, 6) is 0.694. The van der Waals surface area contributed by atoms with Crippen molar-refractivity contribution in [2.24, 2.45) is 0 Å². The molecule has 0 amide bonds. The van der Waals surface area contributed by atoms with Crippen LogP contribution < -0.4 is 4.74 Å². The smallest absolute Gasteiger partial charge is 0.146 e. The van der Waals surface area contributed by atoms with Crippen molar-refractivity contribution in [2.45, 2.75) is 6.61 Å². The van der Waals surface area contributed by atoms with E-state index in [9.17, 15) is 0 Å². The van der Waals surface area contributed by atoms with Gasteiger partial charge in [-0.25, -0.2) is 0 Å². The molecule has 3 nitrogen and oxygen atoms in total. The summed E-state index contributed by atoms with van der Waals surface area (Å²) >= 11 is 6.15. The molecule has 3 aromatic rings. The van der Waals surface area contributed by atoms with Crippen LogP contribution in [0.3, 0.4) is 0 Å². The van der Waals surface area contributed by atoms with Gasteiger partial charge in [-0.1, -0.05) is 23.7 Å². The van der Waals surface area contributed by atoms with Gasteiger partial charge in [-0.3, -0.25) is 4.98 Å². The number of rotatable bonds is 3. The molecule has 0 unspecified atom stereocenters. The van der Waals surface area contributed by atoms with Gasteiger partial charge in [-0.2, -0.15) is 5.26 Å². The van der Waals surface area contributed by atoms with Crippen molar-refractivity contribution >= 4 is 22.5 Å². The number of hydrogen-bond acceptors (Lipinski definition) is 3. The Hall–Kier alpha value is -2.57. The van der Waals surface area contributed by atoms with E-state index in [-0.39, 0.29) is 0 Å². The molecule has 0 saturated heterocycles. The maximum absolute atomic E-state index is 8.78. The molecule has 4 heteroatoms. The van der Waals surface area contributed by atoms with Gasteiger partial charge < -0.3 is 4.74 Å². The molecule has 0 aliphatic rings. The van der Waals surface area contributed by atoms with Gasteiger partial charge in [0.25, 0.3) is 0 Å². The Balaban J connectivity index is 1.85. The molecule has 0 N–H and O–H groups in total. The normalized spacial score (nSPS) is 10.3. The maximum Gasteiger partial charge on any atom is 0.146 e. The van der Waals surface area contributed by atoms with E-state index in [1.807, 2.05) is 30.3 Å². The Morgan fingerprint density at radius 2 is 1.90 bits per heavy atom. The van der Waals surface area contributed by atoms with Crippen molar-refractivity contribution in [1.29, 1.82) is 5.26 Å². The van der Waals surface area contributed by atoms with Crippen LogP contribution in [0.25, 0.3) is 10.9 Å². The fourth-order valence-electron chi connectivity index (χ4n) is 2.07. The molecule has 0 aliphatic heterocycles. The molecule has 1 heterocycles. The summed E-state index contributed by atoms with van der Waals surface area (Å²) in [6, 6.07) is 16.8. The van der Waals surface area contributed by atoms with Gasteiger partial charge in [0, 0.05) is 11.6 Å². The second-order valence-electron chi connectivity index (χ2n) is 4.54. The van der Waals surface area contributed by atoms with Crippen molar-refractivity contribution in [2.75, 3.05) is 0 Å². The first kappa shape index (κ1) is 13.4. The molecule has 2 aromatic carbocycles. The maximum atomic E-state index is 8.78. The van der Waals surface area contributed by atoms with Gasteiger partial charge in [0.05, 0.1) is 16.7 Å². The van der Waals surface area contributed by atoms with E-state index in [4.69, 9.17) is 21.6 Å². The van der Waals surface area contributed by atoms with Crippen LogP contribution in [0.4, 0.5) is 0 Å². The van der Waals surface area contributed by atoms with E-state index in [0.717, 1.165) is 16.5 Å². The third-order valence-electron chi connectivity index (χ3n) is 3.16. The van der Waals surface area contributed by atoms with Gasteiger partial charge in [-0.15, -0.1) is 0 Å². The van der Waals surface area contributed by atoms with Crippen LogP contribution in [0.2, 0.25) is 5.02 Å². The number of fused-ring (bicyclic) bond motifs is 1. The largest absolute Gasteiger partial charge is 0.487 e. The molecule has 0 fully saturated rings. The van der Waals surface area contributed by atoms with E-state index in [1.165, 1.54) is 0 Å². The summed E-state index contributed by atoms with van der Waals surface area (Å²) in [5, 5.41) is 10.3. The van der Waals surface area contributed by atoms with Crippen LogP contribution in [-0.4, -0.2) is 4.98 Å². The van der Waals surface area contributed by atoms with Crippen molar-refractivity contribution in [3.63, 3.8) is 0 Å². The van der Waals surface area contributed by atoms with E-state index >= 15 is 0 Å². The SMILES string of the molecule is N#Cc1ccc(COc2ccc(Cl)c3cccnc23)cc1. The summed E-state index contributed by atoms with van der Waals surface area (Å²) in [7, 11) is 0. The molecule has 0 aliphatic carbocycles. The Bertz CT molecular complexity index is 822. The molecule has 0 radical (unpaired) electrons. The Morgan fingerprint density at radius 3 is 2.67 bits per heavy atom. The second kappa shape index (κ2) is 5.82. The van der Waals surface area contributed by atoms with Crippen LogP contribution >= 0.6 is 11.6 Å². The quantitative estimate of drug-likeness (QED) is 0.722. The van der Waals surface area contributed by atoms with Gasteiger partial charge in [0.2, 0.25) is 0 Å². The summed E-state index contributed by atoms with van der Waals surface area (Å²) in [6.45, 7) is 0.416. The van der Waals surface area contributed by atoms with Crippen LogP contribution in [0.1, 0.15) is 11.1 Å². The van der Waals surface area contributed by atoms with E-state index in [1.54, 1.807) is 24.4 Å². The lowest BCUT2D eigenvalue weighted by atomic mass is 10.1. The molecule has 0 spiro atoms. The number of benzene rings is 2. The van der Waals surface area contributed by atoms with Crippen LogP contribution in [-0.2, 0) is 6.61 Å². The third kappa shape index (κ3) is 2.81. The Morgan fingerprint density at radius 1 is 1.10 bits per heavy atom. The summed E-state index contributed by atoms with van der Waals surface area (Å²) in [4.78, 5) is 4.33. The number of pyridine rings is 1. The number of ether oxygens (including phenoxy) is 1. The summed E-state index contributed by atoms with van der Waals surface area (Å²) in [5.41, 5.74) is 2.38. The number of nitriles is 1. The number of halogens is 1. The third-order valence-corrected chi connectivity index (χ3v) is 3.49. The molecule has 21 heavy (non-hydrogen) atoms. The monoisotopic (exact) mass is 294 g/mol. The fraction of sp³-hybridized carbons (Fsp3) is 0.0588. The minimum atomic E-state index is 0.416. The fourth-order valence-corrected chi connectivity index (χ4v) is 2.28. The first-order valence-corrected chi connectivity index (χ1v) is 6.81. The van der Waals surface area contributed by atoms with E-state index in [2.05, 4.69) is 11.1 Å². The Kier molecular flexibility index (Phi) is 3.72. The van der Waals surface area contributed by atoms with Crippen molar-refractivity contribution < 1.29 is 4.74 Å². The highest BCUT2D eigenvalue weighted by Gasteiger charge is 2.07. The van der Waals surface area contributed by atoms with Crippen molar-refractivity contribution in [3.05, 3.63) is 70.9 Å². The zero-order chi connectivity index (χ0) is 14.7. The predicted molar refractivity (Wildman–Crippen MR) is 82.2 cm³/mol. The van der Waals surface area contributed by atoms with E-state index in [0.29, 0.717) is 22.9 Å². The van der Waals surface area contributed by atoms with Gasteiger partial charge >= 0.3 is 0 Å². The zero-order valence-electron chi connectivity index (χ0n) is 11.1. The first-order chi connectivity index (χ1) is 10.3.